The molecule has 0 saturated carbocycles. The predicted octanol–water partition coefficient (Wildman–Crippen LogP) is 2.66. The monoisotopic (exact) mass is 255 g/mol. The Morgan fingerprint density at radius 3 is 1.63 bits per heavy atom. The maximum Gasteiger partial charge on any atom is 0.244 e. The summed E-state index contributed by atoms with van der Waals surface area (Å²) < 4.78 is 10.0. The van der Waals surface area contributed by atoms with Crippen LogP contribution in [0, 0.1) is 0 Å². The summed E-state index contributed by atoms with van der Waals surface area (Å²) in [7, 11) is 0. The molecular formula is C14H9NO4. The predicted molar refractivity (Wildman–Crippen MR) is 65.1 cm³/mol. The lowest BCUT2D eigenvalue weighted by Gasteiger charge is -1.94. The Morgan fingerprint density at radius 2 is 1.26 bits per heavy atom. The fraction of sp³-hybridized carbons (Fsp3) is 0. The zero-order chi connectivity index (χ0) is 13.2. The largest absolute Gasteiger partial charge is 0.461 e. The van der Waals surface area contributed by atoms with E-state index in [1.165, 1.54) is 12.5 Å². The molecular weight excluding hydrogens is 246 g/mol. The number of aromatic amines is 1. The molecule has 94 valence electrons. The van der Waals surface area contributed by atoms with Crippen molar-refractivity contribution in [2.75, 3.05) is 0 Å². The summed E-state index contributed by atoms with van der Waals surface area (Å²) in [5.74, 6) is -0.162. The Labute approximate surface area is 107 Å². The molecule has 0 amide bonds. The van der Waals surface area contributed by atoms with Crippen LogP contribution in [0.2, 0.25) is 0 Å². The number of rotatable bonds is 4. The number of carbonyl (C=O) groups is 2. The van der Waals surface area contributed by atoms with Crippen LogP contribution in [0.1, 0.15) is 32.5 Å². The minimum absolute atomic E-state index is 0.221. The topological polar surface area (TPSA) is 76.2 Å². The molecule has 0 fully saturated rings. The first kappa shape index (κ1) is 11.3. The highest BCUT2D eigenvalue weighted by Crippen LogP contribution is 2.13. The zero-order valence-corrected chi connectivity index (χ0v) is 9.75. The van der Waals surface area contributed by atoms with Crippen molar-refractivity contribution in [2.24, 2.45) is 0 Å². The van der Waals surface area contributed by atoms with E-state index >= 15 is 0 Å². The molecule has 0 spiro atoms. The number of furan rings is 2. The van der Waals surface area contributed by atoms with E-state index in [2.05, 4.69) is 4.98 Å². The van der Waals surface area contributed by atoms with Gasteiger partial charge in [-0.25, -0.2) is 0 Å². The van der Waals surface area contributed by atoms with Gasteiger partial charge in [-0.15, -0.1) is 0 Å². The summed E-state index contributed by atoms with van der Waals surface area (Å²) in [6.07, 6.45) is 2.84. The summed E-state index contributed by atoms with van der Waals surface area (Å²) >= 11 is 0. The molecule has 3 aromatic heterocycles. The van der Waals surface area contributed by atoms with Crippen molar-refractivity contribution >= 4 is 11.6 Å². The normalized spacial score (nSPS) is 10.5. The van der Waals surface area contributed by atoms with Crippen LogP contribution in [0.15, 0.2) is 57.8 Å². The van der Waals surface area contributed by atoms with E-state index < -0.39 is 0 Å². The molecule has 0 bridgehead atoms. The first-order valence-corrected chi connectivity index (χ1v) is 5.61. The van der Waals surface area contributed by atoms with E-state index in [0.717, 1.165) is 0 Å². The van der Waals surface area contributed by atoms with Crippen molar-refractivity contribution in [3.8, 4) is 0 Å². The number of aromatic nitrogens is 1. The second-order valence-electron chi connectivity index (χ2n) is 3.90. The van der Waals surface area contributed by atoms with Gasteiger partial charge in [0.2, 0.25) is 11.6 Å². The quantitative estimate of drug-likeness (QED) is 0.727. The number of hydrogen-bond acceptors (Lipinski definition) is 4. The van der Waals surface area contributed by atoms with E-state index in [1.54, 1.807) is 36.4 Å². The van der Waals surface area contributed by atoms with Crippen LogP contribution in [0.4, 0.5) is 0 Å². The highest BCUT2D eigenvalue weighted by atomic mass is 16.3. The van der Waals surface area contributed by atoms with Gasteiger partial charge < -0.3 is 13.8 Å². The maximum absolute atomic E-state index is 12.0. The van der Waals surface area contributed by atoms with Crippen molar-refractivity contribution in [2.45, 2.75) is 0 Å². The smallest absolute Gasteiger partial charge is 0.244 e. The third-order valence-electron chi connectivity index (χ3n) is 2.67. The molecule has 5 heteroatoms. The van der Waals surface area contributed by atoms with E-state index in [1.807, 2.05) is 0 Å². The Kier molecular flexibility index (Phi) is 2.64. The molecule has 0 unspecified atom stereocenters. The highest BCUT2D eigenvalue weighted by Gasteiger charge is 2.18. The number of ketones is 2. The molecule has 3 heterocycles. The second-order valence-corrected chi connectivity index (χ2v) is 3.90. The van der Waals surface area contributed by atoms with E-state index in [4.69, 9.17) is 8.83 Å². The van der Waals surface area contributed by atoms with Crippen molar-refractivity contribution < 1.29 is 18.4 Å². The molecule has 0 aliphatic heterocycles. The van der Waals surface area contributed by atoms with Crippen molar-refractivity contribution in [1.29, 1.82) is 0 Å². The molecule has 5 nitrogen and oxygen atoms in total. The summed E-state index contributed by atoms with van der Waals surface area (Å²) in [5.41, 5.74) is 0.592. The maximum atomic E-state index is 12.0. The lowest BCUT2D eigenvalue weighted by atomic mass is 10.2. The zero-order valence-electron chi connectivity index (χ0n) is 9.75. The van der Waals surface area contributed by atoms with Crippen molar-refractivity contribution in [3.63, 3.8) is 0 Å². The Hall–Kier alpha value is -2.82. The molecule has 0 radical (unpaired) electrons. The van der Waals surface area contributed by atoms with Gasteiger partial charge in [-0.05, 0) is 36.4 Å². The van der Waals surface area contributed by atoms with Gasteiger partial charge in [0.1, 0.15) is 0 Å². The summed E-state index contributed by atoms with van der Waals surface area (Å²) in [6.45, 7) is 0. The second kappa shape index (κ2) is 4.45. The molecule has 19 heavy (non-hydrogen) atoms. The van der Waals surface area contributed by atoms with E-state index in [9.17, 15) is 9.59 Å². The van der Waals surface area contributed by atoms with Crippen LogP contribution in [-0.4, -0.2) is 16.6 Å². The first-order valence-electron chi connectivity index (χ1n) is 5.61. The SMILES string of the molecule is O=C(c1ccc(C(=O)c2ccco2)[nH]1)c1ccco1. The number of hydrogen-bond donors (Lipinski definition) is 1. The standard InChI is InChI=1S/C14H9NO4/c16-13(11-3-1-7-18-11)9-5-6-10(15-9)14(17)12-4-2-8-19-12/h1-8,15H. The summed E-state index contributed by atoms with van der Waals surface area (Å²) in [4.78, 5) is 26.7. The van der Waals surface area contributed by atoms with Gasteiger partial charge in [0.15, 0.2) is 11.5 Å². The van der Waals surface area contributed by atoms with Gasteiger partial charge in [0, 0.05) is 0 Å². The van der Waals surface area contributed by atoms with Crippen molar-refractivity contribution in [1.82, 2.24) is 4.98 Å². The lowest BCUT2D eigenvalue weighted by molar-refractivity contribution is 0.100. The Balaban J connectivity index is 1.88. The lowest BCUT2D eigenvalue weighted by Crippen LogP contribution is -2.03. The fourth-order valence-electron chi connectivity index (χ4n) is 1.74. The van der Waals surface area contributed by atoms with Gasteiger partial charge in [-0.3, -0.25) is 9.59 Å². The van der Waals surface area contributed by atoms with Crippen LogP contribution in [0.3, 0.4) is 0 Å². The Bertz CT molecular complexity index is 644. The summed E-state index contributed by atoms with van der Waals surface area (Å²) in [5, 5.41) is 0. The minimum Gasteiger partial charge on any atom is -0.461 e. The third kappa shape index (κ3) is 2.01. The molecule has 0 atom stereocenters. The average Bonchev–Trinajstić information content (AvgIpc) is 3.16. The molecule has 3 rings (SSSR count). The van der Waals surface area contributed by atoms with Crippen LogP contribution in [-0.2, 0) is 0 Å². The number of carbonyl (C=O) groups excluding carboxylic acids is 2. The highest BCUT2D eigenvalue weighted by molar-refractivity contribution is 6.09. The fourth-order valence-corrected chi connectivity index (χ4v) is 1.74. The first-order chi connectivity index (χ1) is 9.25. The van der Waals surface area contributed by atoms with Gasteiger partial charge in [0.25, 0.3) is 0 Å². The van der Waals surface area contributed by atoms with Gasteiger partial charge in [-0.2, -0.15) is 0 Å². The van der Waals surface area contributed by atoms with Gasteiger partial charge in [-0.1, -0.05) is 0 Å². The third-order valence-corrected chi connectivity index (χ3v) is 2.67. The molecule has 0 saturated heterocycles. The summed E-state index contributed by atoms with van der Waals surface area (Å²) in [6, 6.07) is 9.48. The number of nitrogens with one attached hydrogen (secondary N) is 1. The van der Waals surface area contributed by atoms with E-state index in [0.29, 0.717) is 11.4 Å². The van der Waals surface area contributed by atoms with Crippen LogP contribution in [0.5, 0.6) is 0 Å². The molecule has 1 N–H and O–H groups in total. The minimum atomic E-state index is -0.302. The van der Waals surface area contributed by atoms with Crippen LogP contribution >= 0.6 is 0 Å². The molecule has 0 aromatic carbocycles. The molecule has 0 aliphatic rings. The van der Waals surface area contributed by atoms with E-state index in [-0.39, 0.29) is 23.1 Å². The van der Waals surface area contributed by atoms with Crippen LogP contribution < -0.4 is 0 Å². The average molecular weight is 255 g/mol. The molecule has 3 aromatic rings. The van der Waals surface area contributed by atoms with Gasteiger partial charge in [0.05, 0.1) is 23.9 Å². The molecule has 0 aliphatic carbocycles. The van der Waals surface area contributed by atoms with Crippen LogP contribution in [0.25, 0.3) is 0 Å². The Morgan fingerprint density at radius 1 is 0.789 bits per heavy atom. The number of H-pyrrole nitrogens is 1. The van der Waals surface area contributed by atoms with Gasteiger partial charge >= 0.3 is 0 Å². The van der Waals surface area contributed by atoms with Crippen molar-refractivity contribution in [3.05, 3.63) is 71.8 Å².